The van der Waals surface area contributed by atoms with Gasteiger partial charge in [-0.25, -0.2) is 4.79 Å². The van der Waals surface area contributed by atoms with Gasteiger partial charge in [0.1, 0.15) is 5.41 Å². The van der Waals surface area contributed by atoms with E-state index in [0.717, 1.165) is 11.1 Å². The number of hydrogen-bond acceptors (Lipinski definition) is 5. The van der Waals surface area contributed by atoms with E-state index < -0.39 is 28.4 Å². The molecule has 0 bridgehead atoms. The number of hydrogen-bond donors (Lipinski definition) is 1. The van der Waals surface area contributed by atoms with Crippen LogP contribution in [0.25, 0.3) is 0 Å². The van der Waals surface area contributed by atoms with Gasteiger partial charge in [0.15, 0.2) is 5.54 Å². The maximum Gasteiger partial charge on any atom is 0.341 e. The van der Waals surface area contributed by atoms with Crippen molar-refractivity contribution < 1.29 is 24.2 Å². The Morgan fingerprint density at radius 3 is 2.46 bits per heavy atom. The first-order chi connectivity index (χ1) is 17.6. The number of para-hydroxylation sites is 1. The minimum absolute atomic E-state index is 0.0108. The Bertz CT molecular complexity index is 1530. The number of nitrogens with zero attached hydrogens (tertiary/aromatic N) is 3. The molecule has 1 N–H and O–H groups in total. The van der Waals surface area contributed by atoms with E-state index in [1.165, 1.54) is 4.90 Å². The van der Waals surface area contributed by atoms with Gasteiger partial charge < -0.3 is 24.2 Å². The van der Waals surface area contributed by atoms with E-state index in [0.29, 0.717) is 28.2 Å². The summed E-state index contributed by atoms with van der Waals surface area (Å²) < 4.78 is 7.13. The number of anilines is 2. The maximum absolute atomic E-state index is 14.4. The Morgan fingerprint density at radius 2 is 1.73 bits per heavy atom. The predicted molar refractivity (Wildman–Crippen MR) is 138 cm³/mol. The number of aryl methyl sites for hydroxylation is 2. The Kier molecular flexibility index (Phi) is 4.65. The number of esters is 1. The van der Waals surface area contributed by atoms with Crippen LogP contribution in [0.3, 0.4) is 0 Å². The molecule has 4 heterocycles. The van der Waals surface area contributed by atoms with Crippen LogP contribution in [0.5, 0.6) is 0 Å². The van der Waals surface area contributed by atoms with Crippen LogP contribution in [0.2, 0.25) is 0 Å². The minimum atomic E-state index is -2.39. The highest BCUT2D eigenvalue weighted by atomic mass is 16.5. The fourth-order valence-corrected chi connectivity index (χ4v) is 7.12. The Hall–Kier alpha value is -3.91. The summed E-state index contributed by atoms with van der Waals surface area (Å²) >= 11 is 0. The van der Waals surface area contributed by atoms with Gasteiger partial charge in [-0.1, -0.05) is 35.9 Å². The highest BCUT2D eigenvalue weighted by molar-refractivity contribution is 6.15. The molecule has 3 atom stereocenters. The number of benzene rings is 2. The fraction of sp³-hybridized carbons (Fsp3) is 0.345. The minimum Gasteiger partial charge on any atom is -0.464 e. The van der Waals surface area contributed by atoms with Crippen molar-refractivity contribution in [3.8, 4) is 0 Å². The molecule has 8 nitrogen and oxygen atoms in total. The Balaban J connectivity index is 1.78. The van der Waals surface area contributed by atoms with Gasteiger partial charge in [0, 0.05) is 43.7 Å². The number of rotatable bonds is 2. The summed E-state index contributed by atoms with van der Waals surface area (Å²) in [7, 11) is 3.34. The molecule has 3 aliphatic heterocycles. The van der Waals surface area contributed by atoms with E-state index in [-0.39, 0.29) is 18.9 Å². The van der Waals surface area contributed by atoms with Gasteiger partial charge in [0.25, 0.3) is 5.91 Å². The first-order valence-corrected chi connectivity index (χ1v) is 12.4. The highest BCUT2D eigenvalue weighted by Crippen LogP contribution is 2.61. The summed E-state index contributed by atoms with van der Waals surface area (Å²) in [6.07, 6.45) is 1.35. The number of aromatic nitrogens is 1. The standard InChI is InChI=1S/C29H29N3O5/c1-6-37-26(35)28(36)16-27(19-10-7-8-11-21(19)30(4)24(27)33)22-12-9-13-32(22)29(28)20-15-17(2)14-18(3)23(20)31(5)25(29)34/h7-15,36H,6,16H2,1-5H3/t27-,28+,29-/m0/s1. The van der Waals surface area contributed by atoms with E-state index in [4.69, 9.17) is 4.74 Å². The predicted octanol–water partition coefficient (Wildman–Crippen LogP) is 2.79. The molecule has 0 aliphatic carbocycles. The van der Waals surface area contributed by atoms with Gasteiger partial charge >= 0.3 is 5.97 Å². The van der Waals surface area contributed by atoms with Crippen LogP contribution in [0, 0.1) is 13.8 Å². The molecule has 0 fully saturated rings. The molecule has 0 radical (unpaired) electrons. The quantitative estimate of drug-likeness (QED) is 0.548. The number of carbonyl (C=O) groups is 3. The Labute approximate surface area is 215 Å². The van der Waals surface area contributed by atoms with Crippen molar-refractivity contribution in [1.29, 1.82) is 0 Å². The van der Waals surface area contributed by atoms with Crippen molar-refractivity contribution in [2.75, 3.05) is 30.5 Å². The lowest BCUT2D eigenvalue weighted by Gasteiger charge is -2.52. The summed E-state index contributed by atoms with van der Waals surface area (Å²) in [5, 5.41) is 12.7. The lowest BCUT2D eigenvalue weighted by atomic mass is 9.59. The van der Waals surface area contributed by atoms with Crippen LogP contribution in [0.4, 0.5) is 11.4 Å². The van der Waals surface area contributed by atoms with E-state index in [1.807, 2.05) is 56.3 Å². The third kappa shape index (κ3) is 2.44. The molecule has 0 unspecified atom stereocenters. The summed E-state index contributed by atoms with van der Waals surface area (Å²) in [5.41, 5.74) is -0.786. The topological polar surface area (TPSA) is 92.1 Å². The maximum atomic E-state index is 14.4. The fourth-order valence-electron chi connectivity index (χ4n) is 7.12. The molecule has 1 aromatic heterocycles. The van der Waals surface area contributed by atoms with Gasteiger partial charge in [-0.15, -0.1) is 0 Å². The molecular formula is C29H29N3O5. The monoisotopic (exact) mass is 499 g/mol. The van der Waals surface area contributed by atoms with Gasteiger partial charge in [0.05, 0.1) is 12.3 Å². The smallest absolute Gasteiger partial charge is 0.341 e. The largest absolute Gasteiger partial charge is 0.464 e. The van der Waals surface area contributed by atoms with Crippen molar-refractivity contribution in [3.63, 3.8) is 0 Å². The van der Waals surface area contributed by atoms with Crippen molar-refractivity contribution >= 4 is 29.2 Å². The van der Waals surface area contributed by atoms with Crippen molar-refractivity contribution in [1.82, 2.24) is 4.57 Å². The van der Waals surface area contributed by atoms with E-state index in [9.17, 15) is 19.5 Å². The molecule has 0 saturated carbocycles. The number of ether oxygens (including phenoxy) is 1. The van der Waals surface area contributed by atoms with Crippen LogP contribution >= 0.6 is 0 Å². The second kappa shape index (κ2) is 7.32. The van der Waals surface area contributed by atoms with Crippen molar-refractivity contribution in [2.24, 2.45) is 0 Å². The van der Waals surface area contributed by atoms with Crippen LogP contribution in [0.1, 0.15) is 41.3 Å². The second-order valence-corrected chi connectivity index (χ2v) is 10.4. The molecule has 0 saturated heterocycles. The molecule has 2 amide bonds. The number of fused-ring (bicyclic) bond motifs is 7. The molecule has 3 aromatic rings. The van der Waals surface area contributed by atoms with E-state index in [1.54, 1.807) is 42.7 Å². The number of amides is 2. The summed E-state index contributed by atoms with van der Waals surface area (Å²) in [6.45, 7) is 5.49. The Morgan fingerprint density at radius 1 is 1.00 bits per heavy atom. The number of carbonyl (C=O) groups excluding carboxylic acids is 3. The summed E-state index contributed by atoms with van der Waals surface area (Å²) in [5.74, 6) is -1.65. The van der Waals surface area contributed by atoms with Crippen LogP contribution in [-0.2, 0) is 30.1 Å². The van der Waals surface area contributed by atoms with Gasteiger partial charge in [-0.3, -0.25) is 9.59 Å². The average Bonchev–Trinajstić information content (AvgIpc) is 3.49. The molecule has 8 heteroatoms. The zero-order valence-corrected chi connectivity index (χ0v) is 21.5. The molecule has 190 valence electrons. The van der Waals surface area contributed by atoms with Crippen LogP contribution < -0.4 is 9.80 Å². The molecule has 3 aliphatic rings. The molecular weight excluding hydrogens is 470 g/mol. The average molecular weight is 500 g/mol. The second-order valence-electron chi connectivity index (χ2n) is 10.4. The first kappa shape index (κ1) is 23.5. The SMILES string of the molecule is CCOC(=O)[C@]1(O)C[C@@]2(C(=O)N(C)c3ccccc32)c2cccn2[C@@]12C(=O)N(C)c1c(C)cc(C)cc12. The lowest BCUT2D eigenvalue weighted by molar-refractivity contribution is -0.185. The van der Waals surface area contributed by atoms with E-state index in [2.05, 4.69) is 0 Å². The third-order valence-corrected chi connectivity index (χ3v) is 8.46. The molecule has 37 heavy (non-hydrogen) atoms. The van der Waals surface area contributed by atoms with Crippen LogP contribution in [0.15, 0.2) is 54.7 Å². The van der Waals surface area contributed by atoms with Gasteiger partial charge in [-0.2, -0.15) is 0 Å². The zero-order chi connectivity index (χ0) is 26.5. The zero-order valence-electron chi connectivity index (χ0n) is 21.5. The molecule has 2 spiro atoms. The van der Waals surface area contributed by atoms with E-state index >= 15 is 0 Å². The lowest BCUT2D eigenvalue weighted by Crippen LogP contribution is -2.71. The normalized spacial score (nSPS) is 27.6. The van der Waals surface area contributed by atoms with Crippen molar-refractivity contribution in [3.05, 3.63) is 82.7 Å². The third-order valence-electron chi connectivity index (χ3n) is 8.46. The van der Waals surface area contributed by atoms with Gasteiger partial charge in [-0.05, 0) is 50.1 Å². The summed E-state index contributed by atoms with van der Waals surface area (Å²) in [6, 6.07) is 14.8. The summed E-state index contributed by atoms with van der Waals surface area (Å²) in [4.78, 5) is 45.5. The molecule has 2 aromatic carbocycles. The number of aliphatic hydroxyl groups is 1. The van der Waals surface area contributed by atoms with Crippen LogP contribution in [-0.4, -0.2) is 53.8 Å². The number of likely N-dealkylation sites (N-methyl/N-ethyl adjacent to an activating group) is 2. The first-order valence-electron chi connectivity index (χ1n) is 12.4. The van der Waals surface area contributed by atoms with Crippen molar-refractivity contribution in [2.45, 2.75) is 43.7 Å². The molecule has 6 rings (SSSR count). The van der Waals surface area contributed by atoms with Gasteiger partial charge in [0.2, 0.25) is 11.5 Å². The highest BCUT2D eigenvalue weighted by Gasteiger charge is 2.75.